The van der Waals surface area contributed by atoms with Crippen molar-refractivity contribution in [1.82, 2.24) is 9.78 Å². The molecule has 4 aromatic rings. The summed E-state index contributed by atoms with van der Waals surface area (Å²) < 4.78 is 13.3. The largest absolute Gasteiger partial charge is 0.493 e. The van der Waals surface area contributed by atoms with Crippen molar-refractivity contribution in [1.29, 1.82) is 0 Å². The lowest BCUT2D eigenvalue weighted by Crippen LogP contribution is -2.01. The second-order valence-corrected chi connectivity index (χ2v) is 7.63. The fraction of sp³-hybridized carbons (Fsp3) is 0.0455. The Bertz CT molecular complexity index is 1340. The second kappa shape index (κ2) is 7.23. The number of rotatable bonds is 4. The van der Waals surface area contributed by atoms with Gasteiger partial charge in [-0.05, 0) is 42.1 Å². The van der Waals surface area contributed by atoms with E-state index >= 15 is 0 Å². The van der Waals surface area contributed by atoms with Gasteiger partial charge in [-0.3, -0.25) is 4.79 Å². The van der Waals surface area contributed by atoms with Crippen LogP contribution in [-0.4, -0.2) is 28.0 Å². The van der Waals surface area contributed by atoms with Crippen LogP contribution in [0.1, 0.15) is 5.56 Å². The second-order valence-electron chi connectivity index (χ2n) is 6.57. The van der Waals surface area contributed by atoms with Crippen LogP contribution < -0.4 is 10.5 Å². The molecular formula is C22H16N4O3S. The Morgan fingerprint density at radius 1 is 1.17 bits per heavy atom. The maximum Gasteiger partial charge on any atom is 0.286 e. The van der Waals surface area contributed by atoms with Gasteiger partial charge in [0.05, 0.1) is 17.7 Å². The van der Waals surface area contributed by atoms with E-state index in [0.717, 1.165) is 28.4 Å². The Balaban J connectivity index is 1.68. The Hall–Kier alpha value is -3.78. The maximum absolute atomic E-state index is 12.1. The van der Waals surface area contributed by atoms with E-state index in [1.54, 1.807) is 17.9 Å². The highest BCUT2D eigenvalue weighted by Gasteiger charge is 2.22. The van der Waals surface area contributed by atoms with E-state index in [2.05, 4.69) is 4.99 Å². The molecule has 0 saturated heterocycles. The molecule has 0 aliphatic carbocycles. The third-order valence-electron chi connectivity index (χ3n) is 4.65. The summed E-state index contributed by atoms with van der Waals surface area (Å²) >= 11 is 1.14. The predicted molar refractivity (Wildman–Crippen MR) is 118 cm³/mol. The van der Waals surface area contributed by atoms with E-state index in [9.17, 15) is 4.79 Å². The number of hydrogen-bond acceptors (Lipinski definition) is 6. The van der Waals surface area contributed by atoms with Crippen LogP contribution in [-0.2, 0) is 4.79 Å². The summed E-state index contributed by atoms with van der Waals surface area (Å²) in [6.45, 7) is 0. The molecule has 2 N–H and O–H groups in total. The number of ether oxygens (including phenoxy) is 1. The van der Waals surface area contributed by atoms with Gasteiger partial charge in [0.25, 0.3) is 5.91 Å². The van der Waals surface area contributed by atoms with Gasteiger partial charge in [-0.1, -0.05) is 30.3 Å². The number of aromatic nitrogens is 2. The highest BCUT2D eigenvalue weighted by molar-refractivity contribution is 8.18. The zero-order valence-corrected chi connectivity index (χ0v) is 16.7. The summed E-state index contributed by atoms with van der Waals surface area (Å²) in [6, 6.07) is 17.3. The molecule has 148 valence electrons. The summed E-state index contributed by atoms with van der Waals surface area (Å²) in [4.78, 5) is 16.3. The molecule has 1 aliphatic rings. The van der Waals surface area contributed by atoms with Crippen molar-refractivity contribution in [2.24, 2.45) is 10.7 Å². The lowest BCUT2D eigenvalue weighted by Gasteiger charge is -1.99. The van der Waals surface area contributed by atoms with Crippen molar-refractivity contribution in [2.75, 3.05) is 7.11 Å². The van der Waals surface area contributed by atoms with E-state index in [-0.39, 0.29) is 11.1 Å². The molecule has 0 spiro atoms. The summed E-state index contributed by atoms with van der Waals surface area (Å²) in [7, 11) is 1.60. The number of amides is 1. The van der Waals surface area contributed by atoms with Crippen LogP contribution in [0.25, 0.3) is 34.2 Å². The molecule has 1 amide bonds. The summed E-state index contributed by atoms with van der Waals surface area (Å²) in [5, 5.41) is 5.87. The average Bonchev–Trinajstić information content (AvgIpc) is 3.45. The zero-order valence-electron chi connectivity index (χ0n) is 15.9. The predicted octanol–water partition coefficient (Wildman–Crippen LogP) is 4.22. The van der Waals surface area contributed by atoms with Gasteiger partial charge in [-0.2, -0.15) is 10.1 Å². The van der Waals surface area contributed by atoms with Gasteiger partial charge in [-0.15, -0.1) is 0 Å². The Labute approximate surface area is 175 Å². The molecule has 5 rings (SSSR count). The quantitative estimate of drug-likeness (QED) is 0.501. The number of aliphatic imine (C=N–C) groups is 1. The SMILES string of the molecule is COc1cccc2cc(-c3nn(-c4ccccc4)cc3C=C3SC(N)=NC3=O)oc12. The van der Waals surface area contributed by atoms with Crippen molar-refractivity contribution in [2.45, 2.75) is 0 Å². The van der Waals surface area contributed by atoms with Crippen LogP contribution in [0.4, 0.5) is 0 Å². The molecule has 0 saturated carbocycles. The number of nitrogens with zero attached hydrogens (tertiary/aromatic N) is 3. The first-order valence-corrected chi connectivity index (χ1v) is 9.94. The number of methoxy groups -OCH3 is 1. The smallest absolute Gasteiger partial charge is 0.286 e. The number of hydrogen-bond donors (Lipinski definition) is 1. The van der Waals surface area contributed by atoms with Gasteiger partial charge in [0, 0.05) is 17.1 Å². The number of amidine groups is 1. The number of benzene rings is 2. The van der Waals surface area contributed by atoms with Crippen molar-refractivity contribution in [3.63, 3.8) is 0 Å². The van der Waals surface area contributed by atoms with Gasteiger partial charge in [0.15, 0.2) is 22.3 Å². The first-order chi connectivity index (χ1) is 14.6. The van der Waals surface area contributed by atoms with Crippen LogP contribution >= 0.6 is 11.8 Å². The van der Waals surface area contributed by atoms with E-state index < -0.39 is 0 Å². The highest BCUT2D eigenvalue weighted by atomic mass is 32.2. The number of carbonyl (C=O) groups is 1. The van der Waals surface area contributed by atoms with E-state index in [4.69, 9.17) is 20.0 Å². The van der Waals surface area contributed by atoms with E-state index in [0.29, 0.717) is 27.7 Å². The van der Waals surface area contributed by atoms with Gasteiger partial charge >= 0.3 is 0 Å². The zero-order chi connectivity index (χ0) is 20.7. The van der Waals surface area contributed by atoms with E-state index in [1.807, 2.05) is 60.8 Å². The van der Waals surface area contributed by atoms with Crippen LogP contribution in [0.5, 0.6) is 5.75 Å². The number of fused-ring (bicyclic) bond motifs is 1. The summed E-state index contributed by atoms with van der Waals surface area (Å²) in [6.07, 6.45) is 3.59. The standard InChI is InChI=1S/C22H16N4O3S/c1-28-16-9-5-6-13-10-17(29-20(13)16)19-14(11-18-21(27)24-22(23)30-18)12-26(25-19)15-7-3-2-4-8-15/h2-12H,1H3,(H2,23,24,27). The van der Waals surface area contributed by atoms with Gasteiger partial charge in [-0.25, -0.2) is 4.68 Å². The van der Waals surface area contributed by atoms with Crippen LogP contribution in [0, 0.1) is 0 Å². The van der Waals surface area contributed by atoms with Gasteiger partial charge in [0.2, 0.25) is 0 Å². The van der Waals surface area contributed by atoms with Crippen molar-refractivity contribution < 1.29 is 13.9 Å². The van der Waals surface area contributed by atoms with Crippen molar-refractivity contribution in [3.05, 3.63) is 71.3 Å². The molecule has 7 nitrogen and oxygen atoms in total. The first kappa shape index (κ1) is 18.3. The minimum Gasteiger partial charge on any atom is -0.493 e. The highest BCUT2D eigenvalue weighted by Crippen LogP contribution is 2.36. The number of nitrogens with two attached hydrogens (primary N) is 1. The van der Waals surface area contributed by atoms with Crippen LogP contribution in [0.2, 0.25) is 0 Å². The first-order valence-electron chi connectivity index (χ1n) is 9.12. The Morgan fingerprint density at radius 2 is 2.00 bits per heavy atom. The number of para-hydroxylation sites is 2. The lowest BCUT2D eigenvalue weighted by atomic mass is 10.1. The molecule has 30 heavy (non-hydrogen) atoms. The topological polar surface area (TPSA) is 95.6 Å². The summed E-state index contributed by atoms with van der Waals surface area (Å²) in [5.74, 6) is 0.853. The molecule has 0 atom stereocenters. The third kappa shape index (κ3) is 3.17. The Morgan fingerprint density at radius 3 is 2.73 bits per heavy atom. The molecule has 8 heteroatoms. The molecule has 0 bridgehead atoms. The number of carbonyl (C=O) groups excluding carboxylic acids is 1. The van der Waals surface area contributed by atoms with Gasteiger partial charge in [0.1, 0.15) is 5.69 Å². The van der Waals surface area contributed by atoms with Crippen molar-refractivity contribution in [3.8, 4) is 22.9 Å². The lowest BCUT2D eigenvalue weighted by molar-refractivity contribution is -0.113. The number of furan rings is 1. The molecule has 2 aromatic heterocycles. The number of thioether (sulfide) groups is 1. The molecular weight excluding hydrogens is 400 g/mol. The fourth-order valence-electron chi connectivity index (χ4n) is 3.28. The molecule has 1 aliphatic heterocycles. The minimum atomic E-state index is -0.359. The molecule has 2 aromatic carbocycles. The Kier molecular flexibility index (Phi) is 4.40. The monoisotopic (exact) mass is 416 g/mol. The minimum absolute atomic E-state index is 0.233. The molecule has 3 heterocycles. The van der Waals surface area contributed by atoms with Crippen molar-refractivity contribution >= 4 is 39.9 Å². The normalized spacial score (nSPS) is 15.2. The van der Waals surface area contributed by atoms with Crippen LogP contribution in [0.15, 0.2) is 75.1 Å². The maximum atomic E-state index is 12.1. The average molecular weight is 416 g/mol. The summed E-state index contributed by atoms with van der Waals surface area (Å²) in [5.41, 5.74) is 8.54. The molecule has 0 fully saturated rings. The van der Waals surface area contributed by atoms with Crippen LogP contribution in [0.3, 0.4) is 0 Å². The van der Waals surface area contributed by atoms with Gasteiger partial charge < -0.3 is 14.9 Å². The fourth-order valence-corrected chi connectivity index (χ4v) is 3.95. The third-order valence-corrected chi connectivity index (χ3v) is 5.46. The molecule has 0 radical (unpaired) electrons. The van der Waals surface area contributed by atoms with E-state index in [1.165, 1.54) is 0 Å². The molecule has 0 unspecified atom stereocenters.